The van der Waals surface area contributed by atoms with E-state index in [1.54, 1.807) is 0 Å². The van der Waals surface area contributed by atoms with Crippen molar-refractivity contribution in [2.75, 3.05) is 20.3 Å². The van der Waals surface area contributed by atoms with E-state index in [0.717, 1.165) is 24.0 Å². The molecule has 2 saturated carbocycles. The molecule has 0 saturated heterocycles. The van der Waals surface area contributed by atoms with Gasteiger partial charge in [0.25, 0.3) is 0 Å². The van der Waals surface area contributed by atoms with E-state index in [-0.39, 0.29) is 43.4 Å². The van der Waals surface area contributed by atoms with E-state index in [1.165, 1.54) is 18.2 Å². The van der Waals surface area contributed by atoms with Crippen molar-refractivity contribution < 1.29 is 29.0 Å². The average Bonchev–Trinajstić information content (AvgIpc) is 3.27. The van der Waals surface area contributed by atoms with Crippen LogP contribution in [0, 0.1) is 11.3 Å². The number of ether oxygens (including phenoxy) is 2. The van der Waals surface area contributed by atoms with Crippen molar-refractivity contribution in [3.63, 3.8) is 0 Å². The van der Waals surface area contributed by atoms with Crippen LogP contribution >= 0.6 is 0 Å². The van der Waals surface area contributed by atoms with Gasteiger partial charge in [-0.15, -0.1) is 0 Å². The summed E-state index contributed by atoms with van der Waals surface area (Å²) in [6.45, 7) is 0.407. The van der Waals surface area contributed by atoms with Gasteiger partial charge in [-0.05, 0) is 47.4 Å². The molecule has 0 heterocycles. The number of carboxylic acid groups (broad SMARTS) is 1. The van der Waals surface area contributed by atoms with E-state index < -0.39 is 23.6 Å². The Bertz CT molecular complexity index is 1100. The van der Waals surface area contributed by atoms with E-state index in [4.69, 9.17) is 14.6 Å². The number of hydrogen-bond donors (Lipinski definition) is 3. The van der Waals surface area contributed by atoms with Crippen molar-refractivity contribution >= 4 is 18.0 Å². The van der Waals surface area contributed by atoms with Gasteiger partial charge in [0.1, 0.15) is 6.61 Å². The molecule has 0 radical (unpaired) electrons. The van der Waals surface area contributed by atoms with Crippen molar-refractivity contribution in [1.82, 2.24) is 10.6 Å². The molecule has 0 aliphatic heterocycles. The molecule has 2 aromatic rings. The van der Waals surface area contributed by atoms with Crippen LogP contribution in [-0.4, -0.2) is 55.5 Å². The molecular formula is C27H30N2O6. The quantitative estimate of drug-likeness (QED) is 0.510. The summed E-state index contributed by atoms with van der Waals surface area (Å²) in [7, 11) is 1.43. The summed E-state index contributed by atoms with van der Waals surface area (Å²) in [6.07, 6.45) is 0.887. The highest BCUT2D eigenvalue weighted by Gasteiger charge is 2.65. The Labute approximate surface area is 204 Å². The lowest BCUT2D eigenvalue weighted by atomic mass is 9.98. The number of amides is 2. The lowest BCUT2D eigenvalue weighted by molar-refractivity contribution is -0.140. The standard InChI is InChI=1S/C27H30N2O6/c1-34-18(11-24(30)31)14-28-25(32)27-12-16(27)10-17(13-27)29-26(33)35-15-23-21-8-4-2-6-19(21)20-7-3-5-9-22(20)23/h2-9,16-18,23H,10-15H2,1H3,(H,28,32)(H,29,33)(H,30,31)/t16-,17+,18?,27+/m0/s1. The molecule has 3 N–H and O–H groups in total. The number of carboxylic acids is 1. The fourth-order valence-electron chi connectivity index (χ4n) is 5.91. The van der Waals surface area contributed by atoms with Crippen LogP contribution in [-0.2, 0) is 19.1 Å². The number of alkyl carbamates (subject to hydrolysis) is 1. The summed E-state index contributed by atoms with van der Waals surface area (Å²) >= 11 is 0. The monoisotopic (exact) mass is 478 g/mol. The average molecular weight is 479 g/mol. The molecule has 3 aliphatic rings. The van der Waals surface area contributed by atoms with E-state index in [9.17, 15) is 14.4 Å². The number of methoxy groups -OCH3 is 1. The summed E-state index contributed by atoms with van der Waals surface area (Å²) in [5.41, 5.74) is 4.20. The highest BCUT2D eigenvalue weighted by molar-refractivity contribution is 5.87. The smallest absolute Gasteiger partial charge is 0.407 e. The minimum absolute atomic E-state index is 0.00165. The number of hydrogen-bond acceptors (Lipinski definition) is 5. The summed E-state index contributed by atoms with van der Waals surface area (Å²) < 4.78 is 10.8. The highest BCUT2D eigenvalue weighted by atomic mass is 16.5. The third-order valence-corrected chi connectivity index (χ3v) is 7.76. The Morgan fingerprint density at radius 3 is 2.34 bits per heavy atom. The first kappa shape index (κ1) is 23.4. The van der Waals surface area contributed by atoms with Crippen LogP contribution in [0.1, 0.15) is 42.7 Å². The van der Waals surface area contributed by atoms with Gasteiger partial charge in [-0.2, -0.15) is 0 Å². The summed E-state index contributed by atoms with van der Waals surface area (Å²) in [5.74, 6) is -0.836. The first-order valence-corrected chi connectivity index (χ1v) is 12.1. The zero-order valence-electron chi connectivity index (χ0n) is 19.7. The van der Waals surface area contributed by atoms with Crippen molar-refractivity contribution in [2.45, 2.75) is 43.7 Å². The highest BCUT2D eigenvalue weighted by Crippen LogP contribution is 2.63. The second-order valence-electron chi connectivity index (χ2n) is 9.83. The van der Waals surface area contributed by atoms with Crippen LogP contribution in [0.25, 0.3) is 11.1 Å². The number of carbonyl (C=O) groups is 3. The molecule has 2 amide bonds. The van der Waals surface area contributed by atoms with Crippen LogP contribution in [0.3, 0.4) is 0 Å². The van der Waals surface area contributed by atoms with Gasteiger partial charge in [-0.25, -0.2) is 4.79 Å². The second kappa shape index (κ2) is 9.34. The van der Waals surface area contributed by atoms with Crippen molar-refractivity contribution in [1.29, 1.82) is 0 Å². The molecular weight excluding hydrogens is 448 g/mol. The van der Waals surface area contributed by atoms with Crippen LogP contribution in [0.15, 0.2) is 48.5 Å². The second-order valence-corrected chi connectivity index (χ2v) is 9.83. The van der Waals surface area contributed by atoms with Crippen molar-refractivity contribution in [2.24, 2.45) is 11.3 Å². The van der Waals surface area contributed by atoms with Crippen LogP contribution in [0.5, 0.6) is 0 Å². The lowest BCUT2D eigenvalue weighted by Crippen LogP contribution is -2.41. The fraction of sp³-hybridized carbons (Fsp3) is 0.444. The summed E-state index contributed by atoms with van der Waals surface area (Å²) in [6, 6.07) is 16.3. The van der Waals surface area contributed by atoms with Crippen molar-refractivity contribution in [3.05, 3.63) is 59.7 Å². The third-order valence-electron chi connectivity index (χ3n) is 7.76. The number of benzene rings is 2. The fourth-order valence-corrected chi connectivity index (χ4v) is 5.91. The van der Waals surface area contributed by atoms with Crippen molar-refractivity contribution in [3.8, 4) is 11.1 Å². The van der Waals surface area contributed by atoms with E-state index in [0.29, 0.717) is 6.42 Å². The first-order chi connectivity index (χ1) is 16.9. The normalized spacial score (nSPS) is 24.6. The SMILES string of the molecule is COC(CNC(=O)[C@]12C[C@H](NC(=O)OCC3c4ccccc4-c4ccccc43)C[C@H]1C2)CC(=O)O. The molecule has 0 bridgehead atoms. The van der Waals surface area contributed by atoms with E-state index in [2.05, 4.69) is 34.9 Å². The van der Waals surface area contributed by atoms with Gasteiger partial charge >= 0.3 is 12.1 Å². The van der Waals surface area contributed by atoms with Gasteiger partial charge < -0.3 is 25.2 Å². The van der Waals surface area contributed by atoms with Gasteiger partial charge in [0.05, 0.1) is 17.9 Å². The minimum Gasteiger partial charge on any atom is -0.481 e. The molecule has 4 atom stereocenters. The molecule has 2 fully saturated rings. The van der Waals surface area contributed by atoms with Gasteiger partial charge in [-0.1, -0.05) is 48.5 Å². The van der Waals surface area contributed by atoms with Crippen LogP contribution in [0.4, 0.5) is 4.79 Å². The number of nitrogens with one attached hydrogen (secondary N) is 2. The Morgan fingerprint density at radius 2 is 1.71 bits per heavy atom. The van der Waals surface area contributed by atoms with Gasteiger partial charge in [-0.3, -0.25) is 9.59 Å². The van der Waals surface area contributed by atoms with Crippen LogP contribution in [0.2, 0.25) is 0 Å². The lowest BCUT2D eigenvalue weighted by Gasteiger charge is -2.20. The maximum Gasteiger partial charge on any atom is 0.407 e. The molecule has 5 rings (SSSR count). The Morgan fingerprint density at radius 1 is 1.06 bits per heavy atom. The molecule has 3 aliphatic carbocycles. The maximum absolute atomic E-state index is 12.8. The predicted molar refractivity (Wildman–Crippen MR) is 128 cm³/mol. The Hall–Kier alpha value is -3.39. The largest absolute Gasteiger partial charge is 0.481 e. The predicted octanol–water partition coefficient (Wildman–Crippen LogP) is 3.30. The van der Waals surface area contributed by atoms with Gasteiger partial charge in [0.2, 0.25) is 5.91 Å². The summed E-state index contributed by atoms with van der Waals surface area (Å²) in [4.78, 5) is 36.3. The Balaban J connectivity index is 1.13. The molecule has 184 valence electrons. The molecule has 1 unspecified atom stereocenters. The zero-order chi connectivity index (χ0) is 24.6. The van der Waals surface area contributed by atoms with E-state index >= 15 is 0 Å². The molecule has 0 aromatic heterocycles. The minimum atomic E-state index is -0.971. The topological polar surface area (TPSA) is 114 Å². The Kier molecular flexibility index (Phi) is 6.23. The molecule has 8 heteroatoms. The number of aliphatic carboxylic acids is 1. The van der Waals surface area contributed by atoms with Gasteiger partial charge in [0.15, 0.2) is 0 Å². The number of rotatable bonds is 9. The summed E-state index contributed by atoms with van der Waals surface area (Å²) in [5, 5.41) is 14.7. The first-order valence-electron chi connectivity index (χ1n) is 12.1. The molecule has 0 spiro atoms. The molecule has 35 heavy (non-hydrogen) atoms. The number of fused-ring (bicyclic) bond motifs is 4. The third kappa shape index (κ3) is 4.50. The number of carbonyl (C=O) groups excluding carboxylic acids is 2. The molecule has 8 nitrogen and oxygen atoms in total. The van der Waals surface area contributed by atoms with E-state index in [1.807, 2.05) is 24.3 Å². The van der Waals surface area contributed by atoms with Crippen LogP contribution < -0.4 is 10.6 Å². The van der Waals surface area contributed by atoms with Gasteiger partial charge in [0, 0.05) is 25.6 Å². The maximum atomic E-state index is 12.8. The zero-order valence-corrected chi connectivity index (χ0v) is 19.7. The molecule has 2 aromatic carbocycles.